The predicted molar refractivity (Wildman–Crippen MR) is 87.6 cm³/mol. The predicted octanol–water partition coefficient (Wildman–Crippen LogP) is 4.19. The van der Waals surface area contributed by atoms with Crippen molar-refractivity contribution in [2.75, 3.05) is 11.9 Å². The van der Waals surface area contributed by atoms with Crippen molar-refractivity contribution in [1.29, 1.82) is 0 Å². The van der Waals surface area contributed by atoms with Gasteiger partial charge in [-0.25, -0.2) is 4.79 Å². The van der Waals surface area contributed by atoms with Crippen molar-refractivity contribution >= 4 is 17.4 Å². The fourth-order valence-electron chi connectivity index (χ4n) is 2.89. The molecule has 0 bridgehead atoms. The molecule has 2 aromatic rings. The Bertz CT molecular complexity index is 883. The number of hydrogen-bond acceptors (Lipinski definition) is 3. The first-order valence-electron chi connectivity index (χ1n) is 7.63. The van der Waals surface area contributed by atoms with E-state index in [1.165, 1.54) is 47.2 Å². The van der Waals surface area contributed by atoms with Crippen LogP contribution in [-0.2, 0) is 19.3 Å². The number of carbonyl (C=O) groups is 1. The second-order valence-electron chi connectivity index (χ2n) is 5.99. The quantitative estimate of drug-likeness (QED) is 0.605. The van der Waals surface area contributed by atoms with Gasteiger partial charge in [-0.2, -0.15) is 13.2 Å². The number of nitrogens with zero attached hydrogens (tertiary/aromatic N) is 3. The maximum Gasteiger partial charge on any atom is 0.416 e. The zero-order valence-electron chi connectivity index (χ0n) is 13.7. The van der Waals surface area contributed by atoms with E-state index in [1.54, 1.807) is 0 Å². The van der Waals surface area contributed by atoms with Gasteiger partial charge < -0.3 is 4.90 Å². The fraction of sp³-hybridized carbons (Fsp3) is 0.235. The van der Waals surface area contributed by atoms with E-state index in [0.717, 1.165) is 12.1 Å². The number of nitro groups is 1. The topological polar surface area (TPSA) is 66.7 Å². The van der Waals surface area contributed by atoms with Crippen molar-refractivity contribution in [3.63, 3.8) is 0 Å². The number of alkyl halides is 3. The molecule has 0 atom stereocenters. The summed E-state index contributed by atoms with van der Waals surface area (Å²) in [6.45, 7) is 0.118. The standard InChI is InChI=1S/C17H14F3N3O3/c1-21-10-12-8-14(23(25)26)5-6-15(12)22(16(21)24)9-11-3-2-4-13(7-11)17(18,19)20/h2-8H,9-10H2,1H3. The zero-order valence-corrected chi connectivity index (χ0v) is 13.7. The van der Waals surface area contributed by atoms with Crippen LogP contribution in [0, 0.1) is 10.1 Å². The van der Waals surface area contributed by atoms with Gasteiger partial charge in [-0.05, 0) is 23.8 Å². The van der Waals surface area contributed by atoms with Gasteiger partial charge in [-0.15, -0.1) is 0 Å². The van der Waals surface area contributed by atoms with Crippen LogP contribution >= 0.6 is 0 Å². The number of urea groups is 1. The molecule has 9 heteroatoms. The number of anilines is 1. The number of nitro benzene ring substituents is 1. The normalized spacial score (nSPS) is 14.4. The van der Waals surface area contributed by atoms with Gasteiger partial charge in [-0.1, -0.05) is 12.1 Å². The molecule has 2 amide bonds. The maximum absolute atomic E-state index is 12.9. The molecule has 0 aliphatic carbocycles. The largest absolute Gasteiger partial charge is 0.416 e. The number of fused-ring (bicyclic) bond motifs is 1. The van der Waals surface area contributed by atoms with Crippen LogP contribution in [0.4, 0.5) is 29.3 Å². The highest BCUT2D eigenvalue weighted by molar-refractivity contribution is 5.94. The number of carbonyl (C=O) groups excluding carboxylic acids is 1. The third-order valence-corrected chi connectivity index (χ3v) is 4.12. The van der Waals surface area contributed by atoms with Gasteiger partial charge in [0.2, 0.25) is 0 Å². The van der Waals surface area contributed by atoms with Crippen LogP contribution in [0.5, 0.6) is 0 Å². The second-order valence-corrected chi connectivity index (χ2v) is 5.99. The summed E-state index contributed by atoms with van der Waals surface area (Å²) < 4.78 is 38.7. The van der Waals surface area contributed by atoms with Gasteiger partial charge in [0.05, 0.1) is 22.7 Å². The Labute approximate surface area is 146 Å². The first-order valence-corrected chi connectivity index (χ1v) is 7.63. The third kappa shape index (κ3) is 3.32. The van der Waals surface area contributed by atoms with Crippen LogP contribution in [-0.4, -0.2) is 22.9 Å². The Balaban J connectivity index is 1.98. The molecular weight excluding hydrogens is 351 g/mol. The highest BCUT2D eigenvalue weighted by atomic mass is 19.4. The van der Waals surface area contributed by atoms with Gasteiger partial charge in [0.25, 0.3) is 5.69 Å². The average molecular weight is 365 g/mol. The van der Waals surface area contributed by atoms with E-state index in [9.17, 15) is 28.1 Å². The summed E-state index contributed by atoms with van der Waals surface area (Å²) in [4.78, 5) is 25.6. The summed E-state index contributed by atoms with van der Waals surface area (Å²) in [7, 11) is 1.53. The number of amides is 2. The smallest absolute Gasteiger partial charge is 0.323 e. The number of non-ortho nitro benzene ring substituents is 1. The van der Waals surface area contributed by atoms with Crippen molar-refractivity contribution in [1.82, 2.24) is 4.90 Å². The van der Waals surface area contributed by atoms with Gasteiger partial charge in [-0.3, -0.25) is 15.0 Å². The minimum Gasteiger partial charge on any atom is -0.323 e. The number of rotatable bonds is 3. The molecule has 1 aliphatic rings. The lowest BCUT2D eigenvalue weighted by Crippen LogP contribution is -2.44. The van der Waals surface area contributed by atoms with E-state index in [0.29, 0.717) is 16.8 Å². The summed E-state index contributed by atoms with van der Waals surface area (Å²) in [6, 6.07) is 8.45. The van der Waals surface area contributed by atoms with E-state index in [1.807, 2.05) is 0 Å². The van der Waals surface area contributed by atoms with Crippen LogP contribution in [0.2, 0.25) is 0 Å². The van der Waals surface area contributed by atoms with Crippen molar-refractivity contribution in [3.8, 4) is 0 Å². The summed E-state index contributed by atoms with van der Waals surface area (Å²) in [5, 5.41) is 10.9. The summed E-state index contributed by atoms with van der Waals surface area (Å²) >= 11 is 0. The van der Waals surface area contributed by atoms with E-state index in [-0.39, 0.29) is 24.8 Å². The molecule has 6 nitrogen and oxygen atoms in total. The number of hydrogen-bond donors (Lipinski definition) is 0. The van der Waals surface area contributed by atoms with E-state index >= 15 is 0 Å². The minimum atomic E-state index is -4.47. The van der Waals surface area contributed by atoms with Gasteiger partial charge >= 0.3 is 12.2 Å². The van der Waals surface area contributed by atoms with E-state index in [4.69, 9.17) is 0 Å². The third-order valence-electron chi connectivity index (χ3n) is 4.12. The molecule has 1 heterocycles. The van der Waals surface area contributed by atoms with Crippen molar-refractivity contribution in [3.05, 3.63) is 69.3 Å². The molecule has 0 saturated carbocycles. The lowest BCUT2D eigenvalue weighted by Gasteiger charge is -2.35. The molecular formula is C17H14F3N3O3. The highest BCUT2D eigenvalue weighted by Gasteiger charge is 2.32. The van der Waals surface area contributed by atoms with Gasteiger partial charge in [0.15, 0.2) is 0 Å². The molecule has 0 unspecified atom stereocenters. The molecule has 0 radical (unpaired) electrons. The van der Waals surface area contributed by atoms with E-state index < -0.39 is 16.7 Å². The van der Waals surface area contributed by atoms with Crippen LogP contribution < -0.4 is 4.90 Å². The van der Waals surface area contributed by atoms with Gasteiger partial charge in [0.1, 0.15) is 0 Å². The van der Waals surface area contributed by atoms with Gasteiger partial charge in [0, 0.05) is 31.3 Å². The fourth-order valence-corrected chi connectivity index (χ4v) is 2.89. The average Bonchev–Trinajstić information content (AvgIpc) is 2.58. The lowest BCUT2D eigenvalue weighted by atomic mass is 10.1. The Hall–Kier alpha value is -3.10. The molecule has 2 aromatic carbocycles. The SMILES string of the molecule is CN1Cc2cc([N+](=O)[O-])ccc2N(Cc2cccc(C(F)(F)F)c2)C1=O. The maximum atomic E-state index is 12.9. The van der Waals surface area contributed by atoms with Crippen molar-refractivity contribution < 1.29 is 22.9 Å². The monoisotopic (exact) mass is 365 g/mol. The molecule has 0 aromatic heterocycles. The van der Waals surface area contributed by atoms with E-state index in [2.05, 4.69) is 0 Å². The summed E-state index contributed by atoms with van der Waals surface area (Å²) in [5.74, 6) is 0. The molecule has 136 valence electrons. The minimum absolute atomic E-state index is 0.0715. The summed E-state index contributed by atoms with van der Waals surface area (Å²) in [6.07, 6.45) is -4.47. The molecule has 0 fully saturated rings. The Morgan fingerprint density at radius 3 is 2.58 bits per heavy atom. The summed E-state index contributed by atoms with van der Waals surface area (Å²) in [5.41, 5.74) is 0.430. The Kier molecular flexibility index (Phi) is 4.31. The first-order chi connectivity index (χ1) is 12.2. The molecule has 0 N–H and O–H groups in total. The number of halogens is 3. The second kappa shape index (κ2) is 6.32. The molecule has 0 spiro atoms. The number of benzene rings is 2. The van der Waals surface area contributed by atoms with Crippen LogP contribution in [0.15, 0.2) is 42.5 Å². The molecule has 1 aliphatic heterocycles. The van der Waals surface area contributed by atoms with Crippen LogP contribution in [0.25, 0.3) is 0 Å². The van der Waals surface area contributed by atoms with Crippen molar-refractivity contribution in [2.45, 2.75) is 19.3 Å². The molecule has 3 rings (SSSR count). The first kappa shape index (κ1) is 17.7. The Morgan fingerprint density at radius 1 is 1.19 bits per heavy atom. The molecule has 0 saturated heterocycles. The van der Waals surface area contributed by atoms with Crippen LogP contribution in [0.1, 0.15) is 16.7 Å². The van der Waals surface area contributed by atoms with Crippen LogP contribution in [0.3, 0.4) is 0 Å². The molecule has 26 heavy (non-hydrogen) atoms. The van der Waals surface area contributed by atoms with Crippen molar-refractivity contribution in [2.24, 2.45) is 0 Å². The highest BCUT2D eigenvalue weighted by Crippen LogP contribution is 2.34. The lowest BCUT2D eigenvalue weighted by molar-refractivity contribution is -0.384. The zero-order chi connectivity index (χ0) is 19.1. The Morgan fingerprint density at radius 2 is 1.92 bits per heavy atom.